The van der Waals surface area contributed by atoms with Crippen molar-refractivity contribution in [2.75, 3.05) is 6.61 Å². The van der Waals surface area contributed by atoms with E-state index in [0.29, 0.717) is 0 Å². The lowest BCUT2D eigenvalue weighted by Gasteiger charge is -1.98. The van der Waals surface area contributed by atoms with Crippen LogP contribution in [0, 0.1) is 23.7 Å². The van der Waals surface area contributed by atoms with E-state index in [2.05, 4.69) is 27.9 Å². The lowest BCUT2D eigenvalue weighted by Crippen LogP contribution is -1.94. The van der Waals surface area contributed by atoms with Crippen molar-refractivity contribution in [3.05, 3.63) is 0 Å². The Morgan fingerprint density at radius 1 is 1.60 bits per heavy atom. The normalized spacial score (nSPS) is 10.2. The van der Waals surface area contributed by atoms with Crippen molar-refractivity contribution < 1.29 is 12.9 Å². The van der Waals surface area contributed by atoms with Crippen molar-refractivity contribution in [2.24, 2.45) is 0 Å². The van der Waals surface area contributed by atoms with Gasteiger partial charge < -0.3 is 4.55 Å². The van der Waals surface area contributed by atoms with Gasteiger partial charge in [-0.15, -0.1) is 0 Å². The minimum Gasteiger partial charge on any atom is -0.750 e. The van der Waals surface area contributed by atoms with Crippen molar-refractivity contribution in [2.45, 2.75) is 6.92 Å². The molecular weight excluding hydrogens is 152 g/mol. The molecule has 1 atom stereocenters. The van der Waals surface area contributed by atoms with Crippen LogP contribution in [0.3, 0.4) is 0 Å². The lowest BCUT2D eigenvalue weighted by molar-refractivity contribution is 0.339. The van der Waals surface area contributed by atoms with Crippen LogP contribution in [0.15, 0.2) is 0 Å². The number of hydrogen-bond acceptors (Lipinski definition) is 3. The van der Waals surface area contributed by atoms with E-state index >= 15 is 0 Å². The summed E-state index contributed by atoms with van der Waals surface area (Å²) in [6.45, 7) is 1.51. The van der Waals surface area contributed by atoms with Crippen LogP contribution in [0.5, 0.6) is 0 Å². The summed E-state index contributed by atoms with van der Waals surface area (Å²) in [4.78, 5) is 0. The van der Waals surface area contributed by atoms with Gasteiger partial charge in [-0.2, -0.15) is 0 Å². The molecule has 0 amide bonds. The molecule has 0 aliphatic carbocycles. The third-order valence-corrected chi connectivity index (χ3v) is 0.814. The Labute approximate surface area is 62.3 Å². The molecular formula is C6H5O3S-. The maximum atomic E-state index is 9.71. The Kier molecular flexibility index (Phi) is 5.80. The lowest BCUT2D eigenvalue weighted by atomic mass is 10.6. The van der Waals surface area contributed by atoms with Gasteiger partial charge in [0.1, 0.15) is 6.61 Å². The summed E-state index contributed by atoms with van der Waals surface area (Å²) in [5.41, 5.74) is 0. The second kappa shape index (κ2) is 6.31. The smallest absolute Gasteiger partial charge is 0.124 e. The molecule has 4 heteroatoms. The molecule has 0 aromatic heterocycles. The third kappa shape index (κ3) is 7.19. The molecule has 0 aliphatic rings. The van der Waals surface area contributed by atoms with E-state index in [1.807, 2.05) is 0 Å². The second-order valence-corrected chi connectivity index (χ2v) is 1.79. The molecule has 0 saturated carbocycles. The van der Waals surface area contributed by atoms with Crippen LogP contribution in [-0.4, -0.2) is 15.4 Å². The SMILES string of the molecule is CC#CC#CCOS(=O)[O-]. The van der Waals surface area contributed by atoms with Crippen LogP contribution >= 0.6 is 0 Å². The fraction of sp³-hybridized carbons (Fsp3) is 0.333. The summed E-state index contributed by atoms with van der Waals surface area (Å²) in [5, 5.41) is 0. The van der Waals surface area contributed by atoms with Crippen molar-refractivity contribution in [1.82, 2.24) is 0 Å². The molecule has 0 heterocycles. The van der Waals surface area contributed by atoms with Gasteiger partial charge in [-0.05, 0) is 18.8 Å². The molecule has 3 nitrogen and oxygen atoms in total. The maximum absolute atomic E-state index is 9.71. The molecule has 54 valence electrons. The Morgan fingerprint density at radius 3 is 2.80 bits per heavy atom. The highest BCUT2D eigenvalue weighted by atomic mass is 32.2. The first-order valence-electron chi connectivity index (χ1n) is 2.39. The van der Waals surface area contributed by atoms with Gasteiger partial charge >= 0.3 is 0 Å². The summed E-state index contributed by atoms with van der Waals surface area (Å²) >= 11 is -2.47. The first-order valence-corrected chi connectivity index (χ1v) is 3.39. The molecule has 0 aliphatic heterocycles. The van der Waals surface area contributed by atoms with Gasteiger partial charge in [-0.25, -0.2) is 4.21 Å². The average molecular weight is 157 g/mol. The fourth-order valence-electron chi connectivity index (χ4n) is 0.220. The zero-order valence-electron chi connectivity index (χ0n) is 5.34. The van der Waals surface area contributed by atoms with Crippen molar-refractivity contribution in [3.63, 3.8) is 0 Å². The van der Waals surface area contributed by atoms with Crippen LogP contribution in [0.2, 0.25) is 0 Å². The van der Waals surface area contributed by atoms with Crippen molar-refractivity contribution >= 4 is 11.4 Å². The van der Waals surface area contributed by atoms with Gasteiger partial charge in [0.05, 0.1) is 11.4 Å². The zero-order chi connectivity index (χ0) is 7.82. The summed E-state index contributed by atoms with van der Waals surface area (Å²) < 4.78 is 23.5. The molecule has 0 rings (SSSR count). The average Bonchev–Trinajstić information content (AvgIpc) is 1.87. The summed E-state index contributed by atoms with van der Waals surface area (Å²) in [7, 11) is 0. The summed E-state index contributed by atoms with van der Waals surface area (Å²) in [6, 6.07) is 0. The van der Waals surface area contributed by atoms with Crippen molar-refractivity contribution in [3.8, 4) is 23.7 Å². The Morgan fingerprint density at radius 2 is 2.30 bits per heavy atom. The van der Waals surface area contributed by atoms with Gasteiger partial charge in [0.15, 0.2) is 0 Å². The van der Waals surface area contributed by atoms with E-state index in [1.165, 1.54) is 0 Å². The van der Waals surface area contributed by atoms with E-state index in [-0.39, 0.29) is 6.61 Å². The summed E-state index contributed by atoms with van der Waals surface area (Å²) in [6.07, 6.45) is 0. The van der Waals surface area contributed by atoms with E-state index in [0.717, 1.165) is 0 Å². The fourth-order valence-corrected chi connectivity index (χ4v) is 0.376. The van der Waals surface area contributed by atoms with Crippen LogP contribution in [0.1, 0.15) is 6.92 Å². The highest BCUT2D eigenvalue weighted by molar-refractivity contribution is 7.74. The van der Waals surface area contributed by atoms with Gasteiger partial charge in [-0.3, -0.25) is 4.18 Å². The molecule has 0 N–H and O–H groups in total. The van der Waals surface area contributed by atoms with Gasteiger partial charge in [0.25, 0.3) is 0 Å². The molecule has 0 fully saturated rings. The second-order valence-electron chi connectivity index (χ2n) is 1.14. The molecule has 0 aromatic rings. The van der Waals surface area contributed by atoms with Gasteiger partial charge in [0.2, 0.25) is 0 Å². The van der Waals surface area contributed by atoms with Crippen LogP contribution in [0.4, 0.5) is 0 Å². The van der Waals surface area contributed by atoms with E-state index in [4.69, 9.17) is 0 Å². The first kappa shape index (κ1) is 9.19. The Balaban J connectivity index is 3.44. The Bertz CT molecular complexity index is 225. The van der Waals surface area contributed by atoms with Crippen molar-refractivity contribution in [1.29, 1.82) is 0 Å². The van der Waals surface area contributed by atoms with Gasteiger partial charge in [-0.1, -0.05) is 11.8 Å². The standard InChI is InChI=1S/C6H6O3S/c1-2-3-4-5-6-9-10(7)8/h6H2,1H3,(H,7,8)/p-1. The predicted molar refractivity (Wildman–Crippen MR) is 36.1 cm³/mol. The molecule has 1 unspecified atom stereocenters. The van der Waals surface area contributed by atoms with Crippen LogP contribution in [0.25, 0.3) is 0 Å². The highest BCUT2D eigenvalue weighted by Crippen LogP contribution is 1.74. The monoisotopic (exact) mass is 157 g/mol. The van der Waals surface area contributed by atoms with Crippen LogP contribution < -0.4 is 0 Å². The third-order valence-electron chi connectivity index (χ3n) is 0.503. The first-order chi connectivity index (χ1) is 4.77. The predicted octanol–water partition coefficient (Wildman–Crippen LogP) is -0.176. The number of rotatable bonds is 2. The van der Waals surface area contributed by atoms with E-state index in [9.17, 15) is 8.76 Å². The largest absolute Gasteiger partial charge is 0.750 e. The molecule has 0 radical (unpaired) electrons. The minimum atomic E-state index is -2.47. The molecule has 0 saturated heterocycles. The maximum Gasteiger partial charge on any atom is 0.124 e. The highest BCUT2D eigenvalue weighted by Gasteiger charge is 1.75. The molecule has 0 bridgehead atoms. The number of hydrogen-bond donors (Lipinski definition) is 0. The van der Waals surface area contributed by atoms with Gasteiger partial charge in [0, 0.05) is 0 Å². The molecule has 10 heavy (non-hydrogen) atoms. The topological polar surface area (TPSA) is 49.4 Å². The minimum absolute atomic E-state index is 0.134. The van der Waals surface area contributed by atoms with E-state index in [1.54, 1.807) is 6.92 Å². The van der Waals surface area contributed by atoms with E-state index < -0.39 is 11.4 Å². The quantitative estimate of drug-likeness (QED) is 0.413. The Hall–Kier alpha value is -0.810. The van der Waals surface area contributed by atoms with Crippen LogP contribution in [-0.2, 0) is 15.5 Å². The zero-order valence-corrected chi connectivity index (χ0v) is 6.16. The molecule has 0 spiro atoms. The molecule has 0 aromatic carbocycles. The summed E-state index contributed by atoms with van der Waals surface area (Å²) in [5.74, 6) is 9.71.